The van der Waals surface area contributed by atoms with Gasteiger partial charge >= 0.3 is 5.97 Å². The van der Waals surface area contributed by atoms with Gasteiger partial charge in [0.1, 0.15) is 5.75 Å². The lowest BCUT2D eigenvalue weighted by Crippen LogP contribution is -2.29. The summed E-state index contributed by atoms with van der Waals surface area (Å²) >= 11 is 0. The van der Waals surface area contributed by atoms with Crippen LogP contribution in [0.3, 0.4) is 0 Å². The molecule has 1 rings (SSSR count). The van der Waals surface area contributed by atoms with Crippen molar-refractivity contribution < 1.29 is 19.7 Å². The predicted octanol–water partition coefficient (Wildman–Crippen LogP) is 1.53. The van der Waals surface area contributed by atoms with Crippen molar-refractivity contribution >= 4 is 5.97 Å². The fourth-order valence-electron chi connectivity index (χ4n) is 1.70. The molecular formula is C14H21NO4. The highest BCUT2D eigenvalue weighted by molar-refractivity contribution is 5.69. The van der Waals surface area contributed by atoms with Gasteiger partial charge in [0.15, 0.2) is 0 Å². The maximum atomic E-state index is 10.5. The molecular weight excluding hydrogens is 246 g/mol. The van der Waals surface area contributed by atoms with Crippen molar-refractivity contribution in [3.63, 3.8) is 0 Å². The average Bonchev–Trinajstić information content (AvgIpc) is 2.35. The van der Waals surface area contributed by atoms with E-state index in [-0.39, 0.29) is 13.1 Å². The summed E-state index contributed by atoms with van der Waals surface area (Å²) in [7, 11) is 1.66. The van der Waals surface area contributed by atoms with Gasteiger partial charge in [-0.05, 0) is 31.2 Å². The molecule has 0 aliphatic rings. The SMILES string of the molecule is CCCOc1ccc(C(O)CN(C)CC(=O)O)cc1. The van der Waals surface area contributed by atoms with E-state index in [0.717, 1.165) is 17.7 Å². The van der Waals surface area contributed by atoms with E-state index >= 15 is 0 Å². The van der Waals surface area contributed by atoms with Crippen LogP contribution >= 0.6 is 0 Å². The van der Waals surface area contributed by atoms with Crippen molar-refractivity contribution in [2.75, 3.05) is 26.7 Å². The lowest BCUT2D eigenvalue weighted by molar-refractivity contribution is -0.138. The minimum Gasteiger partial charge on any atom is -0.494 e. The zero-order valence-electron chi connectivity index (χ0n) is 11.4. The molecule has 0 aromatic heterocycles. The van der Waals surface area contributed by atoms with E-state index < -0.39 is 12.1 Å². The Hall–Kier alpha value is -1.59. The van der Waals surface area contributed by atoms with E-state index in [1.165, 1.54) is 0 Å². The highest BCUT2D eigenvalue weighted by atomic mass is 16.5. The summed E-state index contributed by atoms with van der Waals surface area (Å²) in [5.74, 6) is -0.130. The van der Waals surface area contributed by atoms with Gasteiger partial charge in [0.25, 0.3) is 0 Å². The van der Waals surface area contributed by atoms with E-state index in [0.29, 0.717) is 6.61 Å². The van der Waals surface area contributed by atoms with E-state index in [1.54, 1.807) is 24.1 Å². The van der Waals surface area contributed by atoms with Crippen molar-refractivity contribution in [1.29, 1.82) is 0 Å². The van der Waals surface area contributed by atoms with Crippen molar-refractivity contribution in [1.82, 2.24) is 4.90 Å². The average molecular weight is 267 g/mol. The van der Waals surface area contributed by atoms with Crippen molar-refractivity contribution in [2.24, 2.45) is 0 Å². The fourth-order valence-corrected chi connectivity index (χ4v) is 1.70. The van der Waals surface area contributed by atoms with Gasteiger partial charge in [0.05, 0.1) is 19.3 Å². The molecule has 0 bridgehead atoms. The Morgan fingerprint density at radius 1 is 1.37 bits per heavy atom. The first-order valence-electron chi connectivity index (χ1n) is 6.34. The minimum absolute atomic E-state index is 0.0885. The van der Waals surface area contributed by atoms with E-state index in [4.69, 9.17) is 9.84 Å². The first-order valence-corrected chi connectivity index (χ1v) is 6.34. The molecule has 0 fully saturated rings. The highest BCUT2D eigenvalue weighted by Gasteiger charge is 2.12. The second-order valence-electron chi connectivity index (χ2n) is 4.52. The predicted molar refractivity (Wildman–Crippen MR) is 72.3 cm³/mol. The number of nitrogens with zero attached hydrogens (tertiary/aromatic N) is 1. The quantitative estimate of drug-likeness (QED) is 0.747. The Morgan fingerprint density at radius 2 is 2.00 bits per heavy atom. The van der Waals surface area contributed by atoms with E-state index in [9.17, 15) is 9.90 Å². The molecule has 5 heteroatoms. The summed E-state index contributed by atoms with van der Waals surface area (Å²) in [6, 6.07) is 7.21. The third-order valence-corrected chi connectivity index (χ3v) is 2.63. The van der Waals surface area contributed by atoms with Gasteiger partial charge in [-0.2, -0.15) is 0 Å². The number of hydrogen-bond acceptors (Lipinski definition) is 4. The molecule has 0 radical (unpaired) electrons. The summed E-state index contributed by atoms with van der Waals surface area (Å²) in [6.45, 7) is 2.90. The molecule has 1 atom stereocenters. The second-order valence-corrected chi connectivity index (χ2v) is 4.52. The van der Waals surface area contributed by atoms with Crippen LogP contribution in [-0.4, -0.2) is 47.8 Å². The molecule has 1 aromatic carbocycles. The number of aliphatic carboxylic acids is 1. The van der Waals surface area contributed by atoms with Gasteiger partial charge in [-0.25, -0.2) is 0 Å². The lowest BCUT2D eigenvalue weighted by atomic mass is 10.1. The number of aliphatic hydroxyl groups excluding tert-OH is 1. The smallest absolute Gasteiger partial charge is 0.317 e. The molecule has 1 unspecified atom stereocenters. The largest absolute Gasteiger partial charge is 0.494 e. The molecule has 0 heterocycles. The maximum absolute atomic E-state index is 10.5. The Morgan fingerprint density at radius 3 is 2.53 bits per heavy atom. The number of aliphatic hydroxyl groups is 1. The Balaban J connectivity index is 2.52. The van der Waals surface area contributed by atoms with Gasteiger partial charge in [0, 0.05) is 6.54 Å². The standard InChI is InChI=1S/C14H21NO4/c1-3-8-19-12-6-4-11(5-7-12)13(16)9-15(2)10-14(17)18/h4-7,13,16H,3,8-10H2,1-2H3,(H,17,18). The van der Waals surface area contributed by atoms with Crippen molar-refractivity contribution in [3.05, 3.63) is 29.8 Å². The fraction of sp³-hybridized carbons (Fsp3) is 0.500. The van der Waals surface area contributed by atoms with Gasteiger partial charge in [-0.1, -0.05) is 19.1 Å². The van der Waals surface area contributed by atoms with Gasteiger partial charge in [-0.15, -0.1) is 0 Å². The van der Waals surface area contributed by atoms with Crippen LogP contribution in [0.4, 0.5) is 0 Å². The maximum Gasteiger partial charge on any atom is 0.317 e. The summed E-state index contributed by atoms with van der Waals surface area (Å²) in [5.41, 5.74) is 0.751. The van der Waals surface area contributed by atoms with Gasteiger partial charge in [-0.3, -0.25) is 9.69 Å². The molecule has 0 saturated heterocycles. The second kappa shape index (κ2) is 7.76. The summed E-state index contributed by atoms with van der Waals surface area (Å²) in [5, 5.41) is 18.6. The molecule has 19 heavy (non-hydrogen) atoms. The van der Waals surface area contributed by atoms with Crippen LogP contribution in [0.2, 0.25) is 0 Å². The normalized spacial score (nSPS) is 12.4. The molecule has 0 amide bonds. The highest BCUT2D eigenvalue weighted by Crippen LogP contribution is 2.18. The van der Waals surface area contributed by atoms with Crippen LogP contribution in [0, 0.1) is 0 Å². The third-order valence-electron chi connectivity index (χ3n) is 2.63. The number of likely N-dealkylation sites (N-methyl/N-ethyl adjacent to an activating group) is 1. The molecule has 106 valence electrons. The molecule has 0 aliphatic carbocycles. The number of carboxylic acids is 1. The van der Waals surface area contributed by atoms with Crippen molar-refractivity contribution in [2.45, 2.75) is 19.4 Å². The van der Waals surface area contributed by atoms with Gasteiger partial charge < -0.3 is 14.9 Å². The summed E-state index contributed by atoms with van der Waals surface area (Å²) in [6.07, 6.45) is 0.245. The minimum atomic E-state index is -0.905. The van der Waals surface area contributed by atoms with Crippen LogP contribution in [0.25, 0.3) is 0 Å². The van der Waals surface area contributed by atoms with Crippen LogP contribution in [0.15, 0.2) is 24.3 Å². The van der Waals surface area contributed by atoms with Crippen molar-refractivity contribution in [3.8, 4) is 5.75 Å². The van der Waals surface area contributed by atoms with Gasteiger partial charge in [0.2, 0.25) is 0 Å². The Kier molecular flexibility index (Phi) is 6.32. The topological polar surface area (TPSA) is 70.0 Å². The van der Waals surface area contributed by atoms with Crippen LogP contribution < -0.4 is 4.74 Å². The molecule has 5 nitrogen and oxygen atoms in total. The van der Waals surface area contributed by atoms with E-state index in [2.05, 4.69) is 0 Å². The molecule has 0 aliphatic heterocycles. The Labute approximate surface area is 113 Å². The van der Waals surface area contributed by atoms with Crippen LogP contribution in [0.1, 0.15) is 25.0 Å². The number of carboxylic acid groups (broad SMARTS) is 1. The molecule has 0 spiro atoms. The third kappa shape index (κ3) is 5.72. The number of benzene rings is 1. The molecule has 0 saturated carbocycles. The molecule has 1 aromatic rings. The zero-order valence-corrected chi connectivity index (χ0v) is 11.4. The number of hydrogen-bond donors (Lipinski definition) is 2. The monoisotopic (exact) mass is 267 g/mol. The lowest BCUT2D eigenvalue weighted by Gasteiger charge is -2.19. The van der Waals surface area contributed by atoms with Crippen LogP contribution in [0.5, 0.6) is 5.75 Å². The van der Waals surface area contributed by atoms with Crippen LogP contribution in [-0.2, 0) is 4.79 Å². The number of ether oxygens (including phenoxy) is 1. The first-order chi connectivity index (χ1) is 9.02. The first kappa shape index (κ1) is 15.5. The summed E-state index contributed by atoms with van der Waals surface area (Å²) < 4.78 is 5.45. The Bertz CT molecular complexity index is 391. The number of carbonyl (C=O) groups is 1. The summed E-state index contributed by atoms with van der Waals surface area (Å²) in [4.78, 5) is 12.1. The molecule has 2 N–H and O–H groups in total. The van der Waals surface area contributed by atoms with E-state index in [1.807, 2.05) is 19.1 Å². The number of rotatable bonds is 8. The zero-order chi connectivity index (χ0) is 14.3.